The Bertz CT molecular complexity index is 3100. The van der Waals surface area contributed by atoms with Crippen molar-refractivity contribution in [1.82, 2.24) is 56.9 Å². The Morgan fingerprint density at radius 1 is 0.607 bits per heavy atom. The van der Waals surface area contributed by atoms with E-state index in [-0.39, 0.29) is 85.4 Å². The Balaban J connectivity index is 0. The number of carbonyl (C=O) groups is 7. The fraction of sp³-hybridized carbons (Fsp3) is 0.774. The van der Waals surface area contributed by atoms with E-state index < -0.39 is 51.6 Å². The van der Waals surface area contributed by atoms with Crippen LogP contribution in [0.5, 0.6) is 5.75 Å². The Morgan fingerprint density at radius 2 is 1.01 bits per heavy atom. The summed E-state index contributed by atoms with van der Waals surface area (Å²) < 4.78 is 35.0. The molecular weight excluding hydrogens is 1430 g/mol. The summed E-state index contributed by atoms with van der Waals surface area (Å²) in [6.45, 7) is 56.7. The molecule has 112 heavy (non-hydrogen) atoms. The smallest absolute Gasteiger partial charge is 0.407 e. The molecule has 0 radical (unpaired) electrons. The summed E-state index contributed by atoms with van der Waals surface area (Å²) in [5.74, 6) is -0.00241. The van der Waals surface area contributed by atoms with Crippen molar-refractivity contribution in [3.8, 4) is 11.8 Å². The predicted octanol–water partition coefficient (Wildman–Crippen LogP) is 13.0. The zero-order chi connectivity index (χ0) is 85.2. The fourth-order valence-corrected chi connectivity index (χ4v) is 10.5. The van der Waals surface area contributed by atoms with Crippen LogP contribution in [0.2, 0.25) is 0 Å². The number of aromatic hydroxyl groups is 1. The van der Waals surface area contributed by atoms with Gasteiger partial charge in [-0.2, -0.15) is 5.26 Å². The molecule has 3 heterocycles. The van der Waals surface area contributed by atoms with Crippen molar-refractivity contribution in [2.75, 3.05) is 52.4 Å². The van der Waals surface area contributed by atoms with Crippen LogP contribution in [-0.2, 0) is 36.7 Å². The number of ether oxygens (including phenoxy) is 4. The highest BCUT2D eigenvalue weighted by Crippen LogP contribution is 2.32. The second-order valence-electron chi connectivity index (χ2n) is 35.2. The summed E-state index contributed by atoms with van der Waals surface area (Å²) in [5.41, 5.74) is 9.07. The highest BCUT2D eigenvalue weighted by molar-refractivity contribution is 6.00. The molecule has 8 atom stereocenters. The van der Waals surface area contributed by atoms with Gasteiger partial charge in [-0.05, 0) is 270 Å². The maximum atomic E-state index is 13.3. The molecule has 5 amide bonds. The van der Waals surface area contributed by atoms with E-state index in [1.807, 2.05) is 75.3 Å². The van der Waals surface area contributed by atoms with Crippen LogP contribution in [-0.4, -0.2) is 197 Å². The van der Waals surface area contributed by atoms with Gasteiger partial charge in [-0.3, -0.25) is 19.3 Å². The van der Waals surface area contributed by atoms with Gasteiger partial charge in [-0.25, -0.2) is 23.6 Å². The summed E-state index contributed by atoms with van der Waals surface area (Å²) in [7, 11) is 0. The lowest BCUT2D eigenvalue weighted by Gasteiger charge is -2.50. The lowest BCUT2D eigenvalue weighted by atomic mass is 9.99. The van der Waals surface area contributed by atoms with Gasteiger partial charge in [0.2, 0.25) is 5.43 Å². The van der Waals surface area contributed by atoms with E-state index >= 15 is 0 Å². The van der Waals surface area contributed by atoms with Crippen LogP contribution in [0.25, 0.3) is 0 Å². The SMILES string of the molecule is C.CC(C)CN1CC[C@@H](C)N2C(=O)c3c(O)c(=O)c(C(=O)CCc4ccc(F)cc4)cn3C[C@H]12.CC(C)CNCC[C@@H](C)N.CC(C)CNCC[C@@H](C)NC(=O)OC(C)(C)C.C[C@@H](CC#N)NC(=O)OC(C)(C)C.C[C@@H](CC=O)NC(=O)OC(C)(C)C.C[C@@H](CCNC1CC1)NC(=O)OC(C)(C)C.C[C@H](N)CCNC1CC1. The van der Waals surface area contributed by atoms with E-state index in [0.29, 0.717) is 49.7 Å². The number of alkyl carbamates (subject to hydrolysis) is 4. The summed E-state index contributed by atoms with van der Waals surface area (Å²) in [5, 5.41) is 43.3. The van der Waals surface area contributed by atoms with E-state index in [1.54, 1.807) is 77.0 Å². The van der Waals surface area contributed by atoms with Crippen molar-refractivity contribution in [2.45, 2.75) is 353 Å². The van der Waals surface area contributed by atoms with E-state index in [1.165, 1.54) is 44.0 Å². The average Bonchev–Trinajstić information content (AvgIpc) is 1.00. The third-order valence-corrected chi connectivity index (χ3v) is 16.3. The van der Waals surface area contributed by atoms with Gasteiger partial charge in [0.1, 0.15) is 40.7 Å². The molecule has 13 N–H and O–H groups in total. The van der Waals surface area contributed by atoms with Crippen LogP contribution in [0.15, 0.2) is 35.3 Å². The van der Waals surface area contributed by atoms with Crippen LogP contribution in [0, 0.1) is 34.9 Å². The summed E-state index contributed by atoms with van der Waals surface area (Å²) >= 11 is 0. The molecule has 0 bridgehead atoms. The van der Waals surface area contributed by atoms with Gasteiger partial charge in [-0.15, -0.1) is 0 Å². The average molecular weight is 1590 g/mol. The van der Waals surface area contributed by atoms with E-state index in [4.69, 9.17) is 35.7 Å². The van der Waals surface area contributed by atoms with Gasteiger partial charge in [0, 0.05) is 86.5 Å². The molecular formula is C84H155FN14O13. The van der Waals surface area contributed by atoms with Crippen LogP contribution in [0.1, 0.15) is 284 Å². The van der Waals surface area contributed by atoms with Crippen molar-refractivity contribution < 1.29 is 62.0 Å². The molecule has 0 unspecified atom stereocenters. The largest absolute Gasteiger partial charge is 0.503 e. The number of ketones is 1. The number of pyridine rings is 1. The number of amides is 5. The van der Waals surface area contributed by atoms with Crippen LogP contribution in [0.3, 0.4) is 0 Å². The summed E-state index contributed by atoms with van der Waals surface area (Å²) in [4.78, 5) is 98.2. The fourth-order valence-electron chi connectivity index (χ4n) is 10.5. The topological polar surface area (TPSA) is 377 Å². The molecule has 1 saturated heterocycles. The second-order valence-corrected chi connectivity index (χ2v) is 35.2. The first-order valence-corrected chi connectivity index (χ1v) is 40.3. The number of nitrogens with one attached hydrogen (secondary N) is 8. The highest BCUT2D eigenvalue weighted by Gasteiger charge is 2.44. The number of rotatable bonds is 31. The Kier molecular flexibility index (Phi) is 52.3. The number of halogens is 1. The number of nitrogens with two attached hydrogens (primary N) is 2. The molecule has 4 aliphatic rings. The number of carbonyl (C=O) groups excluding carboxylic acids is 7. The van der Waals surface area contributed by atoms with Crippen molar-refractivity contribution >= 4 is 42.3 Å². The molecule has 2 aromatic rings. The van der Waals surface area contributed by atoms with Gasteiger partial charge in [0.05, 0.1) is 24.6 Å². The molecule has 1 aromatic heterocycles. The summed E-state index contributed by atoms with van der Waals surface area (Å²) in [6, 6.07) is 10.0. The number of fused-ring (bicyclic) bond motifs is 2. The molecule has 3 fully saturated rings. The van der Waals surface area contributed by atoms with Crippen molar-refractivity contribution in [3.05, 3.63) is 63.3 Å². The molecule has 6 rings (SSSR count). The van der Waals surface area contributed by atoms with Gasteiger partial charge in [0.15, 0.2) is 17.2 Å². The molecule has 1 aromatic carbocycles. The minimum absolute atomic E-state index is 0. The normalized spacial score (nSPS) is 16.8. The number of nitrogens with zero attached hydrogens (tertiary/aromatic N) is 4. The Hall–Kier alpha value is -7.00. The maximum Gasteiger partial charge on any atom is 0.407 e. The number of nitriles is 1. The molecule has 28 heteroatoms. The monoisotopic (exact) mass is 1590 g/mol. The van der Waals surface area contributed by atoms with Crippen LogP contribution in [0.4, 0.5) is 23.6 Å². The van der Waals surface area contributed by atoms with E-state index in [2.05, 4.69) is 95.9 Å². The number of aldehydes is 1. The first-order chi connectivity index (χ1) is 51.3. The first-order valence-electron chi connectivity index (χ1n) is 40.3. The zero-order valence-corrected chi connectivity index (χ0v) is 72.7. The molecule has 2 aliphatic carbocycles. The lowest BCUT2D eigenvalue weighted by molar-refractivity contribution is -0.108. The third-order valence-electron chi connectivity index (χ3n) is 16.3. The number of aryl methyl sites for hydroxylation is 1. The Labute approximate surface area is 673 Å². The number of benzene rings is 1. The van der Waals surface area contributed by atoms with Gasteiger partial charge in [0.25, 0.3) is 5.91 Å². The number of Topliss-reactive ketones (excluding diaryl/α,β-unsaturated/α-hetero) is 1. The standard InChI is InChI=1S/C25H30FN3O4.C13H28N2O2.C12H24N2O2.C9H16N2O2.C9H17NO3.C8H20N2.C7H16N2.CH4/c1-15(2)12-27-11-10-16(3)29-21(27)14-28-13-19(23(31)24(32)22(28)25(29)33)20(30)9-6-17-4-7-18(26)8-5-17;1-10(2)9-14-8-7-11(3)15-12(16)17-13(4,5)6;1-9(7-8-13-10-5-6-10)14-11(15)16-12(2,3)4;1-7(5-6-10)11-8(12)13-9(2,3)4;1-7(5-6-11)10-8(12)13-9(2,3)4;1-7(2)6-10-5-4-8(3)9;1-6(8)4-5-9-7-2-3-7;/h4-5,7-8,13,15-16,21,32H,6,9-12,14H2,1-3H3;10-11,14H,7-9H2,1-6H3,(H,15,16);9-10,13H,5-8H2,1-4H3,(H,14,15);7H,5H2,1-4H3,(H,11,12);6-7H,5H2,1-4H3,(H,10,12);7-8,10H,4-6,9H2,1-3H3;6-7,9H,2-5,8H2,1H3;1H4/t16-,21-;11-;9-;2*7-;8-;6-;/m1100010./s1. The Morgan fingerprint density at radius 3 is 1.40 bits per heavy atom. The van der Waals surface area contributed by atoms with Crippen LogP contribution < -0.4 is 59.4 Å². The van der Waals surface area contributed by atoms with E-state index in [0.717, 1.165) is 114 Å². The van der Waals surface area contributed by atoms with Gasteiger partial charge in [-0.1, -0.05) is 61.1 Å². The van der Waals surface area contributed by atoms with Gasteiger partial charge < -0.3 is 92.3 Å². The molecule has 2 aliphatic heterocycles. The lowest BCUT2D eigenvalue weighted by Crippen LogP contribution is -2.64. The number of hydrogen-bond acceptors (Lipinski definition) is 21. The third kappa shape index (κ3) is 55.5. The first kappa shape index (κ1) is 107. The zero-order valence-electron chi connectivity index (χ0n) is 72.7. The number of hydrogen-bond donors (Lipinski definition) is 11. The van der Waals surface area contributed by atoms with Crippen molar-refractivity contribution in [3.63, 3.8) is 0 Å². The summed E-state index contributed by atoms with van der Waals surface area (Å²) in [6.07, 6.45) is 11.5. The predicted molar refractivity (Wildman–Crippen MR) is 448 cm³/mol. The number of aromatic nitrogens is 1. The molecule has 646 valence electrons. The van der Waals surface area contributed by atoms with Crippen LogP contribution >= 0.6 is 0 Å². The highest BCUT2D eigenvalue weighted by atomic mass is 19.1. The van der Waals surface area contributed by atoms with Gasteiger partial charge >= 0.3 is 24.4 Å². The van der Waals surface area contributed by atoms with E-state index in [9.17, 15) is 47.9 Å². The van der Waals surface area contributed by atoms with Crippen molar-refractivity contribution in [2.24, 2.45) is 29.2 Å². The minimum Gasteiger partial charge on any atom is -0.503 e. The minimum atomic E-state index is -0.819. The molecule has 2 saturated carbocycles. The second kappa shape index (κ2) is 54.7. The quantitative estimate of drug-likeness (QED) is 0.0145. The molecule has 0 spiro atoms. The molecule has 27 nitrogen and oxygen atoms in total. The van der Waals surface area contributed by atoms with Crippen molar-refractivity contribution in [1.29, 1.82) is 5.26 Å². The maximum absolute atomic E-state index is 13.3.